The summed E-state index contributed by atoms with van der Waals surface area (Å²) in [6.45, 7) is 2.12. The first-order chi connectivity index (χ1) is 5.97. The summed E-state index contributed by atoms with van der Waals surface area (Å²) < 4.78 is 0. The minimum atomic E-state index is -0.117. The van der Waals surface area contributed by atoms with Gasteiger partial charge in [0, 0.05) is 11.1 Å². The van der Waals surface area contributed by atoms with Crippen LogP contribution < -0.4 is 11.1 Å². The van der Waals surface area contributed by atoms with Gasteiger partial charge in [0.2, 0.25) is 0 Å². The molecule has 0 heterocycles. The van der Waals surface area contributed by atoms with E-state index in [1.165, 1.54) is 0 Å². The van der Waals surface area contributed by atoms with Crippen LogP contribution in [0.4, 0.5) is 0 Å². The minimum Gasteiger partial charge on any atom is -0.393 e. The van der Waals surface area contributed by atoms with E-state index >= 15 is 0 Å². The smallest absolute Gasteiger partial charge is 0.0561 e. The van der Waals surface area contributed by atoms with Gasteiger partial charge in [0.15, 0.2) is 0 Å². The van der Waals surface area contributed by atoms with Crippen molar-refractivity contribution >= 4 is 0 Å². The van der Waals surface area contributed by atoms with E-state index in [0.29, 0.717) is 5.92 Å². The van der Waals surface area contributed by atoms with Crippen molar-refractivity contribution in [1.29, 1.82) is 0 Å². The summed E-state index contributed by atoms with van der Waals surface area (Å²) in [5, 5.41) is 13.0. The van der Waals surface area contributed by atoms with Gasteiger partial charge < -0.3 is 16.2 Å². The predicted molar refractivity (Wildman–Crippen MR) is 52.3 cm³/mol. The third-order valence-corrected chi connectivity index (χ3v) is 3.87. The second-order valence-electron chi connectivity index (χ2n) is 5.23. The van der Waals surface area contributed by atoms with E-state index in [1.807, 2.05) is 7.05 Å². The Bertz CT molecular complexity index is 217. The van der Waals surface area contributed by atoms with Crippen LogP contribution in [0.15, 0.2) is 0 Å². The minimum absolute atomic E-state index is 0.0339. The van der Waals surface area contributed by atoms with E-state index in [9.17, 15) is 5.11 Å². The molecule has 0 aromatic rings. The molecule has 2 saturated carbocycles. The molecular weight excluding hydrogens is 164 g/mol. The standard InChI is InChI=1S/C10H20N2O/c1-9(11)4-7-3-8(13)5-10(7,6-9)12-2/h7-8,12-13H,3-6,11H2,1-2H3. The first-order valence-electron chi connectivity index (χ1n) is 5.13. The van der Waals surface area contributed by atoms with Gasteiger partial charge in [-0.3, -0.25) is 0 Å². The maximum absolute atomic E-state index is 9.62. The van der Waals surface area contributed by atoms with Gasteiger partial charge in [-0.15, -0.1) is 0 Å². The van der Waals surface area contributed by atoms with Crippen LogP contribution in [0, 0.1) is 5.92 Å². The third kappa shape index (κ3) is 1.39. The van der Waals surface area contributed by atoms with E-state index in [1.54, 1.807) is 0 Å². The molecule has 0 bridgehead atoms. The van der Waals surface area contributed by atoms with Gasteiger partial charge in [0.1, 0.15) is 0 Å². The van der Waals surface area contributed by atoms with E-state index in [0.717, 1.165) is 25.7 Å². The summed E-state index contributed by atoms with van der Waals surface area (Å²) in [5.41, 5.74) is 6.25. The van der Waals surface area contributed by atoms with Crippen molar-refractivity contribution in [3.8, 4) is 0 Å². The van der Waals surface area contributed by atoms with E-state index in [4.69, 9.17) is 5.73 Å². The van der Waals surface area contributed by atoms with Gasteiger partial charge in [-0.1, -0.05) is 0 Å². The molecule has 2 aliphatic rings. The Labute approximate surface area is 79.7 Å². The van der Waals surface area contributed by atoms with Crippen LogP contribution in [0.5, 0.6) is 0 Å². The molecule has 4 N–H and O–H groups in total. The molecule has 0 saturated heterocycles. The van der Waals surface area contributed by atoms with E-state index < -0.39 is 0 Å². The topological polar surface area (TPSA) is 58.3 Å². The molecule has 2 aliphatic carbocycles. The highest BCUT2D eigenvalue weighted by Crippen LogP contribution is 2.50. The van der Waals surface area contributed by atoms with Gasteiger partial charge in [-0.05, 0) is 45.6 Å². The Hall–Kier alpha value is -0.120. The molecule has 0 aromatic heterocycles. The molecule has 0 spiro atoms. The number of fused-ring (bicyclic) bond motifs is 1. The number of nitrogens with two attached hydrogens (primary N) is 1. The summed E-state index contributed by atoms with van der Waals surface area (Å²) in [7, 11) is 1.99. The third-order valence-electron chi connectivity index (χ3n) is 3.87. The van der Waals surface area contributed by atoms with Crippen LogP contribution >= 0.6 is 0 Å². The average Bonchev–Trinajstić information content (AvgIpc) is 2.36. The fraction of sp³-hybridized carbons (Fsp3) is 1.00. The molecule has 3 nitrogen and oxygen atoms in total. The second-order valence-corrected chi connectivity index (χ2v) is 5.23. The summed E-state index contributed by atoms with van der Waals surface area (Å²) in [6, 6.07) is 0. The molecule has 4 unspecified atom stereocenters. The van der Waals surface area contributed by atoms with Gasteiger partial charge in [-0.2, -0.15) is 0 Å². The zero-order valence-corrected chi connectivity index (χ0v) is 8.51. The van der Waals surface area contributed by atoms with Gasteiger partial charge >= 0.3 is 0 Å². The first kappa shape index (κ1) is 9.44. The van der Waals surface area contributed by atoms with Crippen LogP contribution in [0.25, 0.3) is 0 Å². The molecule has 2 fully saturated rings. The second kappa shape index (κ2) is 2.69. The lowest BCUT2D eigenvalue weighted by atomic mass is 9.90. The molecule has 0 aromatic carbocycles. The van der Waals surface area contributed by atoms with Crippen molar-refractivity contribution in [2.45, 2.75) is 49.8 Å². The summed E-state index contributed by atoms with van der Waals surface area (Å²) in [5.74, 6) is 0.572. The number of hydrogen-bond acceptors (Lipinski definition) is 3. The molecule has 0 amide bonds. The average molecular weight is 184 g/mol. The number of hydrogen-bond donors (Lipinski definition) is 3. The van der Waals surface area contributed by atoms with E-state index in [2.05, 4.69) is 12.2 Å². The zero-order valence-electron chi connectivity index (χ0n) is 8.51. The van der Waals surface area contributed by atoms with Crippen LogP contribution in [0.3, 0.4) is 0 Å². The van der Waals surface area contributed by atoms with Crippen molar-refractivity contribution in [2.24, 2.45) is 11.7 Å². The van der Waals surface area contributed by atoms with Gasteiger partial charge in [0.05, 0.1) is 6.10 Å². The quantitative estimate of drug-likeness (QED) is 0.546. The molecule has 13 heavy (non-hydrogen) atoms. The van der Waals surface area contributed by atoms with E-state index in [-0.39, 0.29) is 17.2 Å². The van der Waals surface area contributed by atoms with Crippen molar-refractivity contribution < 1.29 is 5.11 Å². The lowest BCUT2D eigenvalue weighted by Gasteiger charge is -2.30. The monoisotopic (exact) mass is 184 g/mol. The summed E-state index contributed by atoms with van der Waals surface area (Å²) in [4.78, 5) is 0. The lowest BCUT2D eigenvalue weighted by molar-refractivity contribution is 0.161. The summed E-state index contributed by atoms with van der Waals surface area (Å²) >= 11 is 0. The van der Waals surface area contributed by atoms with Crippen molar-refractivity contribution in [3.05, 3.63) is 0 Å². The molecule has 0 aliphatic heterocycles. The molecule has 4 atom stereocenters. The Balaban J connectivity index is 2.20. The fourth-order valence-corrected chi connectivity index (χ4v) is 3.47. The van der Waals surface area contributed by atoms with Crippen LogP contribution in [-0.2, 0) is 0 Å². The Morgan fingerprint density at radius 3 is 2.69 bits per heavy atom. The molecule has 76 valence electrons. The molecular formula is C10H20N2O. The van der Waals surface area contributed by atoms with Crippen molar-refractivity contribution in [2.75, 3.05) is 7.05 Å². The Kier molecular flexibility index (Phi) is 1.95. The van der Waals surface area contributed by atoms with Gasteiger partial charge in [0.25, 0.3) is 0 Å². The highest BCUT2D eigenvalue weighted by molar-refractivity contribution is 5.13. The van der Waals surface area contributed by atoms with Crippen molar-refractivity contribution in [3.63, 3.8) is 0 Å². The fourth-order valence-electron chi connectivity index (χ4n) is 3.47. The zero-order chi connectivity index (χ0) is 9.69. The van der Waals surface area contributed by atoms with Gasteiger partial charge in [-0.25, -0.2) is 0 Å². The van der Waals surface area contributed by atoms with Crippen LogP contribution in [-0.4, -0.2) is 29.3 Å². The lowest BCUT2D eigenvalue weighted by Crippen LogP contribution is -2.46. The van der Waals surface area contributed by atoms with Crippen LogP contribution in [0.1, 0.15) is 32.6 Å². The largest absolute Gasteiger partial charge is 0.393 e. The molecule has 0 radical (unpaired) electrons. The molecule has 2 rings (SSSR count). The highest BCUT2D eigenvalue weighted by Gasteiger charge is 2.54. The predicted octanol–water partition coefficient (Wildman–Crippen LogP) is 0.227. The van der Waals surface area contributed by atoms with Crippen molar-refractivity contribution in [1.82, 2.24) is 5.32 Å². The SMILES string of the molecule is CNC12CC(O)CC1CC(C)(N)C2. The number of aliphatic hydroxyl groups is 1. The number of nitrogens with one attached hydrogen (secondary N) is 1. The Morgan fingerprint density at radius 2 is 2.15 bits per heavy atom. The van der Waals surface area contributed by atoms with Crippen LogP contribution in [0.2, 0.25) is 0 Å². The maximum Gasteiger partial charge on any atom is 0.0561 e. The molecule has 3 heteroatoms. The normalized spacial score (nSPS) is 55.4. The maximum atomic E-state index is 9.62. The highest BCUT2D eigenvalue weighted by atomic mass is 16.3. The summed E-state index contributed by atoms with van der Waals surface area (Å²) in [6.07, 6.45) is 3.73. The first-order valence-corrected chi connectivity index (χ1v) is 5.13. The number of rotatable bonds is 1. The Morgan fingerprint density at radius 1 is 1.46 bits per heavy atom. The number of aliphatic hydroxyl groups excluding tert-OH is 1.